The molecule has 2 aromatic carbocycles. The van der Waals surface area contributed by atoms with Gasteiger partial charge < -0.3 is 5.32 Å². The van der Waals surface area contributed by atoms with Crippen LogP contribution in [0.3, 0.4) is 0 Å². The maximum Gasteiger partial charge on any atom is 0.258 e. The fourth-order valence-electron chi connectivity index (χ4n) is 1.92. The van der Waals surface area contributed by atoms with Gasteiger partial charge in [-0.15, -0.1) is 0 Å². The van der Waals surface area contributed by atoms with Gasteiger partial charge in [0.2, 0.25) is 0 Å². The Kier molecular flexibility index (Phi) is 4.96. The van der Waals surface area contributed by atoms with Gasteiger partial charge in [0.05, 0.1) is 20.8 Å². The number of carbonyl (C=O) groups excluding carboxylic acids is 1. The number of carbonyl (C=O) groups is 1. The zero-order valence-corrected chi connectivity index (χ0v) is 14.9. The average Bonchev–Trinajstić information content (AvgIpc) is 2.90. The molecule has 1 heterocycles. The van der Waals surface area contributed by atoms with E-state index in [1.165, 1.54) is 35.6 Å². The smallest absolute Gasteiger partial charge is 0.258 e. The van der Waals surface area contributed by atoms with Crippen LogP contribution in [0, 0.1) is 5.82 Å². The van der Waals surface area contributed by atoms with E-state index in [1.807, 2.05) is 0 Å². The van der Waals surface area contributed by atoms with Gasteiger partial charge in [-0.2, -0.15) is 0 Å². The molecule has 0 aliphatic heterocycles. The third-order valence-electron chi connectivity index (χ3n) is 2.97. The van der Waals surface area contributed by atoms with Crippen LogP contribution in [0.2, 0.25) is 10.0 Å². The SMILES string of the molecule is O=C(NC(=S)Nc1nc2ccc(F)cc2s1)c1cc(Cl)ccc1Cl. The first-order chi connectivity index (χ1) is 11.4. The van der Waals surface area contributed by atoms with Crippen LogP contribution in [-0.4, -0.2) is 16.0 Å². The second-order valence-electron chi connectivity index (χ2n) is 4.66. The number of hydrogen-bond donors (Lipinski definition) is 2. The summed E-state index contributed by atoms with van der Waals surface area (Å²) in [5.41, 5.74) is 0.843. The summed E-state index contributed by atoms with van der Waals surface area (Å²) < 4.78 is 13.9. The molecule has 3 rings (SSSR count). The highest BCUT2D eigenvalue weighted by atomic mass is 35.5. The summed E-state index contributed by atoms with van der Waals surface area (Å²) in [5, 5.41) is 6.43. The first-order valence-electron chi connectivity index (χ1n) is 6.56. The number of nitrogens with one attached hydrogen (secondary N) is 2. The number of fused-ring (bicyclic) bond motifs is 1. The van der Waals surface area contributed by atoms with Crippen LogP contribution in [0.25, 0.3) is 10.2 Å². The first-order valence-corrected chi connectivity index (χ1v) is 8.54. The van der Waals surface area contributed by atoms with E-state index in [0.717, 1.165) is 0 Å². The molecule has 0 aliphatic carbocycles. The Morgan fingerprint density at radius 1 is 1.21 bits per heavy atom. The minimum Gasteiger partial charge on any atom is -0.308 e. The van der Waals surface area contributed by atoms with Gasteiger partial charge in [0.1, 0.15) is 5.82 Å². The number of rotatable bonds is 2. The number of aromatic nitrogens is 1. The molecule has 0 saturated heterocycles. The summed E-state index contributed by atoms with van der Waals surface area (Å²) in [6, 6.07) is 8.83. The van der Waals surface area contributed by atoms with Crippen molar-refractivity contribution in [1.29, 1.82) is 0 Å². The minimum atomic E-state index is -0.493. The second-order valence-corrected chi connectivity index (χ2v) is 6.95. The van der Waals surface area contributed by atoms with E-state index in [9.17, 15) is 9.18 Å². The lowest BCUT2D eigenvalue weighted by atomic mass is 10.2. The van der Waals surface area contributed by atoms with Gasteiger partial charge in [-0.05, 0) is 48.6 Å². The molecule has 0 atom stereocenters. The molecule has 1 amide bonds. The van der Waals surface area contributed by atoms with Crippen molar-refractivity contribution >= 4 is 73.1 Å². The number of anilines is 1. The molecule has 0 fully saturated rings. The first kappa shape index (κ1) is 17.0. The van der Waals surface area contributed by atoms with Gasteiger partial charge in [-0.1, -0.05) is 34.5 Å². The van der Waals surface area contributed by atoms with Gasteiger partial charge in [-0.25, -0.2) is 9.37 Å². The predicted octanol–water partition coefficient (Wildman–Crippen LogP) is 4.87. The Bertz CT molecular complexity index is 961. The molecule has 0 saturated carbocycles. The molecule has 0 bridgehead atoms. The number of benzene rings is 2. The molecule has 3 aromatic rings. The number of halogens is 3. The largest absolute Gasteiger partial charge is 0.308 e. The van der Waals surface area contributed by atoms with Crippen molar-refractivity contribution in [2.75, 3.05) is 5.32 Å². The predicted molar refractivity (Wildman–Crippen MR) is 99.7 cm³/mol. The van der Waals surface area contributed by atoms with Crippen molar-refractivity contribution in [3.8, 4) is 0 Å². The van der Waals surface area contributed by atoms with E-state index < -0.39 is 5.91 Å². The standard InChI is InChI=1S/C15H8Cl2FN3OS2/c16-7-1-3-10(17)9(5-7)13(22)20-14(23)21-15-19-11-4-2-8(18)6-12(11)24-15/h1-6H,(H2,19,20,21,22,23). The maximum atomic E-state index is 13.2. The maximum absolute atomic E-state index is 13.2. The van der Waals surface area contributed by atoms with E-state index >= 15 is 0 Å². The van der Waals surface area contributed by atoms with Crippen molar-refractivity contribution in [2.24, 2.45) is 0 Å². The summed E-state index contributed by atoms with van der Waals surface area (Å²) in [7, 11) is 0. The highest BCUT2D eigenvalue weighted by molar-refractivity contribution is 7.80. The van der Waals surface area contributed by atoms with Crippen molar-refractivity contribution in [2.45, 2.75) is 0 Å². The van der Waals surface area contributed by atoms with E-state index in [1.54, 1.807) is 12.1 Å². The Labute approximate surface area is 155 Å². The molecule has 122 valence electrons. The van der Waals surface area contributed by atoms with Crippen LogP contribution < -0.4 is 10.6 Å². The minimum absolute atomic E-state index is 0.0515. The van der Waals surface area contributed by atoms with E-state index in [-0.39, 0.29) is 21.5 Å². The van der Waals surface area contributed by atoms with Gasteiger partial charge in [0.15, 0.2) is 10.2 Å². The van der Waals surface area contributed by atoms with Crippen LogP contribution in [0.1, 0.15) is 10.4 Å². The molecule has 0 unspecified atom stereocenters. The highest BCUT2D eigenvalue weighted by Crippen LogP contribution is 2.26. The number of thiazole rings is 1. The van der Waals surface area contributed by atoms with Gasteiger partial charge >= 0.3 is 0 Å². The quantitative estimate of drug-likeness (QED) is 0.603. The summed E-state index contributed by atoms with van der Waals surface area (Å²) in [6.07, 6.45) is 0. The summed E-state index contributed by atoms with van der Waals surface area (Å²) in [5.74, 6) is -0.837. The number of nitrogens with zero attached hydrogens (tertiary/aromatic N) is 1. The number of thiocarbonyl (C=S) groups is 1. The Morgan fingerprint density at radius 3 is 2.79 bits per heavy atom. The zero-order valence-electron chi connectivity index (χ0n) is 11.8. The van der Waals surface area contributed by atoms with E-state index in [2.05, 4.69) is 15.6 Å². The van der Waals surface area contributed by atoms with Crippen molar-refractivity contribution in [1.82, 2.24) is 10.3 Å². The fourth-order valence-corrected chi connectivity index (χ4v) is 3.45. The summed E-state index contributed by atoms with van der Waals surface area (Å²) >= 11 is 18.1. The lowest BCUT2D eigenvalue weighted by Crippen LogP contribution is -2.34. The summed E-state index contributed by atoms with van der Waals surface area (Å²) in [6.45, 7) is 0. The molecule has 4 nitrogen and oxygen atoms in total. The molecular formula is C15H8Cl2FN3OS2. The Morgan fingerprint density at radius 2 is 2.00 bits per heavy atom. The van der Waals surface area contributed by atoms with Crippen molar-refractivity contribution in [3.63, 3.8) is 0 Å². The van der Waals surface area contributed by atoms with Crippen molar-refractivity contribution in [3.05, 3.63) is 57.8 Å². The summed E-state index contributed by atoms with van der Waals surface area (Å²) in [4.78, 5) is 16.4. The average molecular weight is 400 g/mol. The van der Waals surface area contributed by atoms with Gasteiger partial charge in [0.25, 0.3) is 5.91 Å². The molecular weight excluding hydrogens is 392 g/mol. The third kappa shape index (κ3) is 3.81. The third-order valence-corrected chi connectivity index (χ3v) is 4.67. The topological polar surface area (TPSA) is 54.0 Å². The van der Waals surface area contributed by atoms with Crippen LogP contribution in [0.15, 0.2) is 36.4 Å². The Balaban J connectivity index is 1.72. The lowest BCUT2D eigenvalue weighted by Gasteiger charge is -2.08. The Hall–Kier alpha value is -1.80. The second kappa shape index (κ2) is 6.98. The monoisotopic (exact) mass is 399 g/mol. The van der Waals surface area contributed by atoms with E-state index in [0.29, 0.717) is 20.4 Å². The van der Waals surface area contributed by atoms with Crippen molar-refractivity contribution < 1.29 is 9.18 Å². The number of amides is 1. The lowest BCUT2D eigenvalue weighted by molar-refractivity contribution is 0.0978. The van der Waals surface area contributed by atoms with Crippen LogP contribution >= 0.6 is 46.8 Å². The fraction of sp³-hybridized carbons (Fsp3) is 0. The molecule has 0 aliphatic rings. The highest BCUT2D eigenvalue weighted by Gasteiger charge is 2.13. The van der Waals surface area contributed by atoms with Gasteiger partial charge in [0, 0.05) is 5.02 Å². The molecule has 1 aromatic heterocycles. The van der Waals surface area contributed by atoms with Crippen LogP contribution in [-0.2, 0) is 0 Å². The zero-order chi connectivity index (χ0) is 17.3. The van der Waals surface area contributed by atoms with Gasteiger partial charge in [-0.3, -0.25) is 10.1 Å². The molecule has 0 spiro atoms. The number of hydrogen-bond acceptors (Lipinski definition) is 4. The van der Waals surface area contributed by atoms with E-state index in [4.69, 9.17) is 35.4 Å². The van der Waals surface area contributed by atoms with Crippen LogP contribution in [0.4, 0.5) is 9.52 Å². The molecule has 9 heteroatoms. The molecule has 24 heavy (non-hydrogen) atoms. The molecule has 0 radical (unpaired) electrons. The van der Waals surface area contributed by atoms with Crippen LogP contribution in [0.5, 0.6) is 0 Å². The molecule has 2 N–H and O–H groups in total. The normalized spacial score (nSPS) is 10.6.